The van der Waals surface area contributed by atoms with Crippen LogP contribution in [-0.4, -0.2) is 13.2 Å². The Kier molecular flexibility index (Phi) is 3.18. The number of fused-ring (bicyclic) bond motifs is 1. The lowest BCUT2D eigenvalue weighted by atomic mass is 10.0. The van der Waals surface area contributed by atoms with Crippen LogP contribution in [0.4, 0.5) is 0 Å². The van der Waals surface area contributed by atoms with Crippen molar-refractivity contribution in [1.82, 2.24) is 0 Å². The van der Waals surface area contributed by atoms with Crippen LogP contribution < -0.4 is 9.47 Å². The number of ether oxygens (including phenoxy) is 2. The summed E-state index contributed by atoms with van der Waals surface area (Å²) in [7, 11) is 0. The smallest absolute Gasteiger partial charge is 0.161 e. The molecule has 0 atom stereocenters. The molecule has 0 aromatic heterocycles. The molecule has 1 aliphatic heterocycles. The molecular weight excluding hydrogens is 260 g/mol. The molecule has 0 fully saturated rings. The summed E-state index contributed by atoms with van der Waals surface area (Å²) in [4.78, 5) is 0. The lowest BCUT2D eigenvalue weighted by molar-refractivity contribution is 0.171. The molecule has 2 nitrogen and oxygen atoms in total. The van der Waals surface area contributed by atoms with Gasteiger partial charge in [-0.1, -0.05) is 36.4 Å². The molecule has 0 bridgehead atoms. The summed E-state index contributed by atoms with van der Waals surface area (Å²) in [5.41, 5.74) is 3.02. The molecule has 0 unspecified atom stereocenters. The quantitative estimate of drug-likeness (QED) is 0.806. The van der Waals surface area contributed by atoms with Gasteiger partial charge in [-0.05, 0) is 35.4 Å². The van der Waals surface area contributed by atoms with E-state index in [1.54, 1.807) is 6.08 Å². The van der Waals surface area contributed by atoms with Crippen molar-refractivity contribution in [3.8, 4) is 22.6 Å². The van der Waals surface area contributed by atoms with E-state index in [0.29, 0.717) is 18.2 Å². The molecule has 1 heterocycles. The van der Waals surface area contributed by atoms with Crippen molar-refractivity contribution in [1.29, 1.82) is 0 Å². The topological polar surface area (TPSA) is 18.5 Å². The first kappa shape index (κ1) is 12.1. The third-order valence-corrected chi connectivity index (χ3v) is 3.41. The van der Waals surface area contributed by atoms with E-state index >= 15 is 0 Å². The molecule has 0 saturated carbocycles. The predicted molar refractivity (Wildman–Crippen MR) is 78.0 cm³/mol. The molecule has 3 heteroatoms. The van der Waals surface area contributed by atoms with E-state index in [0.717, 1.165) is 28.2 Å². The fourth-order valence-corrected chi connectivity index (χ4v) is 2.33. The third-order valence-electron chi connectivity index (χ3n) is 3.08. The Morgan fingerprint density at radius 1 is 1.00 bits per heavy atom. The molecular formula is C16H13ClO2. The van der Waals surface area contributed by atoms with E-state index < -0.39 is 0 Å². The molecule has 0 amide bonds. The van der Waals surface area contributed by atoms with E-state index in [1.807, 2.05) is 36.4 Å². The number of hydrogen-bond donors (Lipinski definition) is 0. The third kappa shape index (κ3) is 2.32. The SMILES string of the molecule is C=Cc1ccc(Cl)c(-c2ccc3c(c2)OCCO3)c1. The van der Waals surface area contributed by atoms with Gasteiger partial charge in [0.05, 0.1) is 0 Å². The first-order valence-corrected chi connectivity index (χ1v) is 6.48. The minimum atomic E-state index is 0.580. The van der Waals surface area contributed by atoms with Crippen molar-refractivity contribution < 1.29 is 9.47 Å². The van der Waals surface area contributed by atoms with Crippen molar-refractivity contribution in [2.24, 2.45) is 0 Å². The molecule has 0 spiro atoms. The van der Waals surface area contributed by atoms with Crippen LogP contribution in [0.1, 0.15) is 5.56 Å². The van der Waals surface area contributed by atoms with Crippen LogP contribution in [0.25, 0.3) is 17.2 Å². The average molecular weight is 273 g/mol. The zero-order chi connectivity index (χ0) is 13.2. The maximum atomic E-state index is 6.26. The zero-order valence-corrected chi connectivity index (χ0v) is 11.1. The molecule has 0 saturated heterocycles. The monoisotopic (exact) mass is 272 g/mol. The highest BCUT2D eigenvalue weighted by atomic mass is 35.5. The molecule has 2 aromatic carbocycles. The van der Waals surface area contributed by atoms with Crippen molar-refractivity contribution in [2.45, 2.75) is 0 Å². The highest BCUT2D eigenvalue weighted by Crippen LogP contribution is 2.37. The minimum absolute atomic E-state index is 0.580. The zero-order valence-electron chi connectivity index (χ0n) is 10.4. The van der Waals surface area contributed by atoms with Gasteiger partial charge in [0, 0.05) is 10.6 Å². The summed E-state index contributed by atoms with van der Waals surface area (Å²) in [5.74, 6) is 1.55. The van der Waals surface area contributed by atoms with E-state index in [2.05, 4.69) is 6.58 Å². The first-order valence-electron chi connectivity index (χ1n) is 6.10. The van der Waals surface area contributed by atoms with Gasteiger partial charge in [-0.25, -0.2) is 0 Å². The Morgan fingerprint density at radius 3 is 2.58 bits per heavy atom. The van der Waals surface area contributed by atoms with Crippen LogP contribution >= 0.6 is 11.6 Å². The molecule has 0 aliphatic carbocycles. The second-order valence-corrected chi connectivity index (χ2v) is 4.71. The second-order valence-electron chi connectivity index (χ2n) is 4.30. The summed E-state index contributed by atoms with van der Waals surface area (Å²) in [5, 5.41) is 0.710. The predicted octanol–water partition coefficient (Wildman–Crippen LogP) is 4.42. The van der Waals surface area contributed by atoms with Crippen LogP contribution in [0.5, 0.6) is 11.5 Å². The van der Waals surface area contributed by atoms with Crippen LogP contribution in [0.15, 0.2) is 43.0 Å². The molecule has 2 aromatic rings. The summed E-state index contributed by atoms with van der Waals surface area (Å²) in [6.45, 7) is 4.95. The molecule has 0 radical (unpaired) electrons. The Hall–Kier alpha value is -1.93. The van der Waals surface area contributed by atoms with Gasteiger partial charge in [0.15, 0.2) is 11.5 Å². The Bertz CT molecular complexity index is 635. The van der Waals surface area contributed by atoms with Crippen LogP contribution in [-0.2, 0) is 0 Å². The van der Waals surface area contributed by atoms with Gasteiger partial charge in [-0.15, -0.1) is 0 Å². The van der Waals surface area contributed by atoms with Crippen LogP contribution in [0.2, 0.25) is 5.02 Å². The molecule has 3 rings (SSSR count). The van der Waals surface area contributed by atoms with Crippen LogP contribution in [0, 0.1) is 0 Å². The first-order chi connectivity index (χ1) is 9.28. The maximum Gasteiger partial charge on any atom is 0.161 e. The van der Waals surface area contributed by atoms with Gasteiger partial charge in [0.1, 0.15) is 13.2 Å². The number of benzene rings is 2. The number of hydrogen-bond acceptors (Lipinski definition) is 2. The fourth-order valence-electron chi connectivity index (χ4n) is 2.10. The van der Waals surface area contributed by atoms with E-state index in [1.165, 1.54) is 0 Å². The average Bonchev–Trinajstić information content (AvgIpc) is 2.47. The van der Waals surface area contributed by atoms with Gasteiger partial charge in [-0.2, -0.15) is 0 Å². The minimum Gasteiger partial charge on any atom is -0.486 e. The number of halogens is 1. The van der Waals surface area contributed by atoms with Gasteiger partial charge < -0.3 is 9.47 Å². The molecule has 1 aliphatic rings. The normalized spacial score (nSPS) is 13.1. The summed E-state index contributed by atoms with van der Waals surface area (Å²) in [6.07, 6.45) is 1.80. The lowest BCUT2D eigenvalue weighted by Gasteiger charge is -2.19. The van der Waals surface area contributed by atoms with Crippen LogP contribution in [0.3, 0.4) is 0 Å². The number of rotatable bonds is 2. The highest BCUT2D eigenvalue weighted by Gasteiger charge is 2.13. The van der Waals surface area contributed by atoms with Gasteiger partial charge in [0.2, 0.25) is 0 Å². The Labute approximate surface area is 117 Å². The van der Waals surface area contributed by atoms with E-state index in [4.69, 9.17) is 21.1 Å². The van der Waals surface area contributed by atoms with Crippen molar-refractivity contribution in [3.05, 3.63) is 53.6 Å². The van der Waals surface area contributed by atoms with Crippen molar-refractivity contribution >= 4 is 17.7 Å². The summed E-state index contributed by atoms with van der Waals surface area (Å²) >= 11 is 6.26. The standard InChI is InChI=1S/C16H13ClO2/c1-2-11-3-5-14(17)13(9-11)12-4-6-15-16(10-12)19-8-7-18-15/h2-6,9-10H,1,7-8H2. The Balaban J connectivity index is 2.09. The summed E-state index contributed by atoms with van der Waals surface area (Å²) < 4.78 is 11.1. The fraction of sp³-hybridized carbons (Fsp3) is 0.125. The second kappa shape index (κ2) is 4.98. The van der Waals surface area contributed by atoms with Crippen molar-refractivity contribution in [3.63, 3.8) is 0 Å². The Morgan fingerprint density at radius 2 is 1.79 bits per heavy atom. The summed E-state index contributed by atoms with van der Waals surface area (Å²) in [6, 6.07) is 11.7. The van der Waals surface area contributed by atoms with Gasteiger partial charge in [0.25, 0.3) is 0 Å². The molecule has 0 N–H and O–H groups in total. The molecule has 19 heavy (non-hydrogen) atoms. The van der Waals surface area contributed by atoms with Gasteiger partial charge in [-0.3, -0.25) is 0 Å². The largest absolute Gasteiger partial charge is 0.486 e. The van der Waals surface area contributed by atoms with E-state index in [-0.39, 0.29) is 0 Å². The van der Waals surface area contributed by atoms with Crippen molar-refractivity contribution in [2.75, 3.05) is 13.2 Å². The lowest BCUT2D eigenvalue weighted by Crippen LogP contribution is -2.15. The van der Waals surface area contributed by atoms with E-state index in [9.17, 15) is 0 Å². The molecule has 96 valence electrons. The maximum absolute atomic E-state index is 6.26. The van der Waals surface area contributed by atoms with Gasteiger partial charge >= 0.3 is 0 Å². The highest BCUT2D eigenvalue weighted by molar-refractivity contribution is 6.33.